The Morgan fingerprint density at radius 1 is 0.750 bits per heavy atom. The van der Waals surface area contributed by atoms with E-state index >= 15 is 0 Å². The van der Waals surface area contributed by atoms with Crippen LogP contribution in [0.15, 0.2) is 60.9 Å². The van der Waals surface area contributed by atoms with Gasteiger partial charge in [0.1, 0.15) is 6.29 Å². The molecule has 0 radical (unpaired) electrons. The minimum absolute atomic E-state index is 0.557. The van der Waals surface area contributed by atoms with Crippen LogP contribution in [0.4, 0.5) is 0 Å². The lowest BCUT2D eigenvalue weighted by Crippen LogP contribution is -1.94. The quantitative estimate of drug-likeness (QED) is 0.680. The Morgan fingerprint density at radius 3 is 1.70 bits per heavy atom. The predicted molar refractivity (Wildman–Crippen MR) is 76.1 cm³/mol. The van der Waals surface area contributed by atoms with E-state index < -0.39 is 0 Å². The molecule has 3 aromatic heterocycles. The lowest BCUT2D eigenvalue weighted by molar-refractivity contribution is 0.112. The Labute approximate surface area is 116 Å². The summed E-state index contributed by atoms with van der Waals surface area (Å²) in [7, 11) is 0. The molecule has 0 aliphatic carbocycles. The van der Waals surface area contributed by atoms with Gasteiger partial charge in [0.2, 0.25) is 0 Å². The fraction of sp³-hybridized carbons (Fsp3) is 0. The summed E-state index contributed by atoms with van der Waals surface area (Å²) in [6.07, 6.45) is 4.20. The second-order valence-corrected chi connectivity index (χ2v) is 4.22. The van der Waals surface area contributed by atoms with Crippen molar-refractivity contribution in [3.63, 3.8) is 0 Å². The van der Waals surface area contributed by atoms with Crippen LogP contribution in [-0.4, -0.2) is 21.2 Å². The Bertz CT molecular complexity index is 669. The fourth-order valence-corrected chi connectivity index (χ4v) is 1.91. The highest BCUT2D eigenvalue weighted by Crippen LogP contribution is 2.21. The van der Waals surface area contributed by atoms with Crippen LogP contribution < -0.4 is 0 Å². The van der Waals surface area contributed by atoms with Gasteiger partial charge < -0.3 is 0 Å². The van der Waals surface area contributed by atoms with Crippen LogP contribution in [0.1, 0.15) is 10.4 Å². The number of hydrogen-bond donors (Lipinski definition) is 0. The van der Waals surface area contributed by atoms with Gasteiger partial charge in [-0.15, -0.1) is 0 Å². The van der Waals surface area contributed by atoms with Crippen LogP contribution in [0, 0.1) is 0 Å². The summed E-state index contributed by atoms with van der Waals surface area (Å²) in [6, 6.07) is 14.6. The van der Waals surface area contributed by atoms with Crippen LogP contribution in [0.25, 0.3) is 22.8 Å². The molecular weight excluding hydrogens is 250 g/mol. The normalized spacial score (nSPS) is 10.2. The number of carbonyl (C=O) groups excluding carboxylic acids is 1. The van der Waals surface area contributed by atoms with Gasteiger partial charge in [0.15, 0.2) is 0 Å². The number of carbonyl (C=O) groups is 1. The molecular formula is C16H11N3O. The first kappa shape index (κ1) is 12.2. The Kier molecular flexibility index (Phi) is 3.29. The third-order valence-corrected chi connectivity index (χ3v) is 2.84. The van der Waals surface area contributed by atoms with E-state index in [2.05, 4.69) is 15.0 Å². The highest BCUT2D eigenvalue weighted by Gasteiger charge is 2.08. The van der Waals surface area contributed by atoms with Crippen LogP contribution in [0.3, 0.4) is 0 Å². The fourth-order valence-electron chi connectivity index (χ4n) is 1.91. The van der Waals surface area contributed by atoms with Crippen molar-refractivity contribution < 1.29 is 4.79 Å². The molecule has 3 rings (SSSR count). The molecule has 3 aromatic rings. The minimum Gasteiger partial charge on any atom is -0.298 e. The second-order valence-electron chi connectivity index (χ2n) is 4.22. The summed E-state index contributed by atoms with van der Waals surface area (Å²) in [6.45, 7) is 0. The van der Waals surface area contributed by atoms with Crippen LogP contribution in [0.5, 0.6) is 0 Å². The van der Waals surface area contributed by atoms with Gasteiger partial charge in [-0.2, -0.15) is 0 Å². The molecule has 4 nitrogen and oxygen atoms in total. The van der Waals surface area contributed by atoms with E-state index in [0.717, 1.165) is 17.7 Å². The van der Waals surface area contributed by atoms with Crippen molar-refractivity contribution in [2.45, 2.75) is 0 Å². The number of pyridine rings is 3. The molecule has 0 bridgehead atoms. The average Bonchev–Trinajstić information content (AvgIpc) is 2.56. The Balaban J connectivity index is 2.15. The zero-order valence-corrected chi connectivity index (χ0v) is 10.6. The van der Waals surface area contributed by atoms with Gasteiger partial charge in [0.25, 0.3) is 0 Å². The zero-order chi connectivity index (χ0) is 13.8. The number of aromatic nitrogens is 3. The maximum Gasteiger partial charge on any atom is 0.150 e. The number of nitrogens with zero attached hydrogens (tertiary/aromatic N) is 3. The highest BCUT2D eigenvalue weighted by molar-refractivity contribution is 5.80. The summed E-state index contributed by atoms with van der Waals surface area (Å²) in [5.41, 5.74) is 3.34. The monoisotopic (exact) mass is 261 g/mol. The maximum absolute atomic E-state index is 11.1. The van der Waals surface area contributed by atoms with E-state index in [0.29, 0.717) is 17.0 Å². The topological polar surface area (TPSA) is 55.7 Å². The van der Waals surface area contributed by atoms with Crippen molar-refractivity contribution in [3.05, 3.63) is 66.5 Å². The number of aldehydes is 1. The largest absolute Gasteiger partial charge is 0.298 e. The third-order valence-electron chi connectivity index (χ3n) is 2.84. The molecule has 0 N–H and O–H groups in total. The molecule has 0 unspecified atom stereocenters. The molecule has 0 saturated carbocycles. The highest BCUT2D eigenvalue weighted by atomic mass is 16.1. The van der Waals surface area contributed by atoms with E-state index in [1.54, 1.807) is 24.5 Å². The first-order chi connectivity index (χ1) is 9.86. The van der Waals surface area contributed by atoms with E-state index in [-0.39, 0.29) is 0 Å². The van der Waals surface area contributed by atoms with E-state index in [1.165, 1.54) is 0 Å². The van der Waals surface area contributed by atoms with Gasteiger partial charge in [0.05, 0.1) is 22.8 Å². The third kappa shape index (κ3) is 2.44. The van der Waals surface area contributed by atoms with Gasteiger partial charge in [-0.05, 0) is 36.4 Å². The van der Waals surface area contributed by atoms with Crippen LogP contribution in [0.2, 0.25) is 0 Å². The Morgan fingerprint density at radius 2 is 1.30 bits per heavy atom. The first-order valence-corrected chi connectivity index (χ1v) is 6.17. The maximum atomic E-state index is 11.1. The SMILES string of the molecule is O=Cc1cc(-c2ccccn2)nc(-c2ccccn2)c1. The molecule has 0 aromatic carbocycles. The van der Waals surface area contributed by atoms with Crippen molar-refractivity contribution in [2.75, 3.05) is 0 Å². The number of rotatable bonds is 3. The van der Waals surface area contributed by atoms with Gasteiger partial charge in [-0.25, -0.2) is 4.98 Å². The summed E-state index contributed by atoms with van der Waals surface area (Å²) < 4.78 is 0. The smallest absolute Gasteiger partial charge is 0.150 e. The summed E-state index contributed by atoms with van der Waals surface area (Å²) >= 11 is 0. The zero-order valence-electron chi connectivity index (χ0n) is 10.6. The number of hydrogen-bond acceptors (Lipinski definition) is 4. The molecule has 0 saturated heterocycles. The molecule has 0 spiro atoms. The second kappa shape index (κ2) is 5.40. The van der Waals surface area contributed by atoms with Crippen molar-refractivity contribution in [2.24, 2.45) is 0 Å². The summed E-state index contributed by atoms with van der Waals surface area (Å²) in [5.74, 6) is 0. The molecule has 4 heteroatoms. The lowest BCUT2D eigenvalue weighted by atomic mass is 10.1. The van der Waals surface area contributed by atoms with Crippen molar-refractivity contribution in [1.29, 1.82) is 0 Å². The van der Waals surface area contributed by atoms with Crippen molar-refractivity contribution in [3.8, 4) is 22.8 Å². The van der Waals surface area contributed by atoms with Gasteiger partial charge in [0, 0.05) is 18.0 Å². The molecule has 20 heavy (non-hydrogen) atoms. The standard InChI is InChI=1S/C16H11N3O/c20-11-12-9-15(13-5-1-3-7-17-13)19-16(10-12)14-6-2-4-8-18-14/h1-11H. The molecule has 0 aliphatic heterocycles. The Hall–Kier alpha value is -2.88. The average molecular weight is 261 g/mol. The minimum atomic E-state index is 0.557. The van der Waals surface area contributed by atoms with Crippen LogP contribution in [-0.2, 0) is 0 Å². The molecule has 96 valence electrons. The summed E-state index contributed by atoms with van der Waals surface area (Å²) in [4.78, 5) is 24.2. The molecule has 0 atom stereocenters. The molecule has 0 fully saturated rings. The van der Waals surface area contributed by atoms with Crippen molar-refractivity contribution in [1.82, 2.24) is 15.0 Å². The van der Waals surface area contributed by atoms with E-state index in [9.17, 15) is 4.79 Å². The molecule has 0 aliphatic rings. The van der Waals surface area contributed by atoms with E-state index in [4.69, 9.17) is 0 Å². The molecule has 0 amide bonds. The van der Waals surface area contributed by atoms with Gasteiger partial charge in [-0.3, -0.25) is 14.8 Å². The summed E-state index contributed by atoms with van der Waals surface area (Å²) in [5, 5.41) is 0. The lowest BCUT2D eigenvalue weighted by Gasteiger charge is -2.05. The van der Waals surface area contributed by atoms with Gasteiger partial charge >= 0.3 is 0 Å². The van der Waals surface area contributed by atoms with Crippen LogP contribution >= 0.6 is 0 Å². The molecule has 3 heterocycles. The van der Waals surface area contributed by atoms with E-state index in [1.807, 2.05) is 36.4 Å². The first-order valence-electron chi connectivity index (χ1n) is 6.17. The van der Waals surface area contributed by atoms with Gasteiger partial charge in [-0.1, -0.05) is 12.1 Å². The predicted octanol–water partition coefficient (Wildman–Crippen LogP) is 3.02. The van der Waals surface area contributed by atoms with Crippen molar-refractivity contribution >= 4 is 6.29 Å².